The Morgan fingerprint density at radius 2 is 0.921 bits per heavy atom. The van der Waals surface area contributed by atoms with Gasteiger partial charge in [-0.25, -0.2) is 4.99 Å². The number of carbonyl (C=O) groups excluding carboxylic acids is 10. The van der Waals surface area contributed by atoms with Gasteiger partial charge in [-0.3, -0.25) is 67.5 Å². The summed E-state index contributed by atoms with van der Waals surface area (Å²) in [6.07, 6.45) is -1.18. The normalized spacial score (nSPS) is 16.2. The number of aliphatic imine (C=N–C) groups is 3. The van der Waals surface area contributed by atoms with Crippen molar-refractivity contribution >= 4 is 89.5 Å². The van der Waals surface area contributed by atoms with Crippen LogP contribution in [0.4, 0.5) is 0 Å². The fourth-order valence-electron chi connectivity index (χ4n) is 8.95. The Hall–Kier alpha value is -9.39. The van der Waals surface area contributed by atoms with Crippen LogP contribution in [0.15, 0.2) is 75.6 Å². The highest BCUT2D eigenvalue weighted by Gasteiger charge is 2.38. The van der Waals surface area contributed by atoms with Crippen LogP contribution in [0.5, 0.6) is 0 Å². The number of hydrogen-bond donors (Lipinski definition) is 16. The van der Waals surface area contributed by atoms with Gasteiger partial charge in [0.1, 0.15) is 66.8 Å². The van der Waals surface area contributed by atoms with Crippen LogP contribution in [0.2, 0.25) is 0 Å². The van der Waals surface area contributed by atoms with Crippen LogP contribution in [0.25, 0.3) is 0 Å². The number of aliphatic hydroxyl groups is 1. The van der Waals surface area contributed by atoms with Crippen molar-refractivity contribution in [2.45, 2.75) is 172 Å². The van der Waals surface area contributed by atoms with Crippen LogP contribution in [0.1, 0.15) is 98.1 Å². The third-order valence-corrected chi connectivity index (χ3v) is 13.8. The molecule has 0 aromatic heterocycles. The number of hydrogen-bond acceptors (Lipinski definition) is 17. The summed E-state index contributed by atoms with van der Waals surface area (Å²) in [6.45, 7) is 10.9. The molecule has 12 atom stereocenters. The van der Waals surface area contributed by atoms with E-state index in [1.165, 1.54) is 33.3 Å². The fourth-order valence-corrected chi connectivity index (χ4v) is 8.95. The van der Waals surface area contributed by atoms with Crippen molar-refractivity contribution in [1.82, 2.24) is 47.9 Å². The summed E-state index contributed by atoms with van der Waals surface area (Å²) in [5.74, 6) is -14.9. The summed E-state index contributed by atoms with van der Waals surface area (Å²) >= 11 is 0. The summed E-state index contributed by atoms with van der Waals surface area (Å²) in [5, 5.41) is 51.7. The van der Waals surface area contributed by atoms with Crippen molar-refractivity contribution in [3.05, 3.63) is 71.8 Å². The van der Waals surface area contributed by atoms with E-state index in [-0.39, 0.29) is 56.9 Å². The molecule has 1 aliphatic rings. The Bertz CT molecular complexity index is 2860. The van der Waals surface area contributed by atoms with Crippen molar-refractivity contribution in [3.8, 4) is 0 Å². The van der Waals surface area contributed by atoms with Gasteiger partial charge in [0, 0.05) is 32.0 Å². The van der Waals surface area contributed by atoms with Crippen molar-refractivity contribution in [2.75, 3.05) is 6.54 Å². The lowest BCUT2D eigenvalue weighted by atomic mass is 9.98. The van der Waals surface area contributed by atoms with E-state index < -0.39 is 168 Å². The number of aliphatic carboxylic acids is 2. The lowest BCUT2D eigenvalue weighted by Crippen LogP contribution is -2.62. The standard InChI is InChI=1S/C58H86N16O15/c1-29(2)21-38(50(82)66-36(19-14-20-64-58(61)62)49(81)67-37(48(60)80)22-33-15-10-8-11-16-33)68-51(83)39(23-34-17-12-9-13-18-34)71-56(88)46(30(3)4)73-53(85)40(24-35-27-63-28-65-35)69-52(84)41(25-43(76)77)72-57(89)47(31(5)6)74-54(86)42(26-44(78)79)70-55(87)45(59)32(7)75/h8-13,15-18,27-32,35-42,45-47,75H,14,19-26,59H2,1-7H3,(H2,60,80)(H,66,82)(H,67,81)(H,68,83)(H,69,84)(H,70,87)(H,71,88)(H,72,89)(H,73,85)(H,74,86)(H,76,77)(H,78,79)(H4,61,62,64)/t32-,35?,36+,37+,38+,39+,40+,41+,42+,45+,46+,47+/m1/s1. The molecular weight excluding hydrogens is 1160 g/mol. The molecule has 0 radical (unpaired) electrons. The second-order valence-corrected chi connectivity index (χ2v) is 22.6. The maximum atomic E-state index is 14.6. The quantitative estimate of drug-likeness (QED) is 0.0175. The molecule has 20 N–H and O–H groups in total. The summed E-state index contributed by atoms with van der Waals surface area (Å²) in [7, 11) is 0. The first-order valence-electron chi connectivity index (χ1n) is 28.9. The Morgan fingerprint density at radius 1 is 0.517 bits per heavy atom. The molecule has 0 fully saturated rings. The molecule has 0 saturated carbocycles. The highest BCUT2D eigenvalue weighted by atomic mass is 16.4. The average molecular weight is 1250 g/mol. The van der Waals surface area contributed by atoms with Crippen molar-refractivity contribution in [2.24, 2.45) is 55.7 Å². The summed E-state index contributed by atoms with van der Waals surface area (Å²) < 4.78 is 0. The Balaban J connectivity index is 1.94. The van der Waals surface area contributed by atoms with E-state index >= 15 is 0 Å². The molecular formula is C58H86N16O15. The minimum atomic E-state index is -1.95. The number of aliphatic hydroxyl groups excluding tert-OH is 1. The monoisotopic (exact) mass is 1250 g/mol. The maximum Gasteiger partial charge on any atom is 0.305 e. The Kier molecular flexibility index (Phi) is 30.4. The van der Waals surface area contributed by atoms with Crippen molar-refractivity contribution in [1.29, 1.82) is 0 Å². The SMILES string of the molecule is CC(C)C[C@H](NC(=O)[C@H](Cc1ccccc1)NC(=O)[C@@H](NC(=O)[C@H](CC1C=NC=N1)NC(=O)[C@H](CC(=O)O)NC(=O)[C@@H](NC(=O)[C@H](CC(=O)O)NC(=O)[C@@H](N)[C@@H](C)O)C(C)C)C(C)C)C(=O)N[C@@H](CCCN=C(N)N)C(=O)N[C@@H](Cc1ccccc1)C(N)=O. The molecule has 31 nitrogen and oxygen atoms in total. The number of nitrogens with zero attached hydrogens (tertiary/aromatic N) is 3. The zero-order valence-corrected chi connectivity index (χ0v) is 50.8. The van der Waals surface area contributed by atoms with Gasteiger partial charge in [-0.2, -0.15) is 0 Å². The number of guanidine groups is 1. The van der Waals surface area contributed by atoms with Crippen molar-refractivity contribution in [3.63, 3.8) is 0 Å². The zero-order valence-electron chi connectivity index (χ0n) is 50.8. The fraction of sp³-hybridized carbons (Fsp3) is 0.534. The first-order chi connectivity index (χ1) is 41.9. The third kappa shape index (κ3) is 26.2. The van der Waals surface area contributed by atoms with E-state index in [4.69, 9.17) is 22.9 Å². The molecule has 0 saturated heterocycles. The number of carbonyl (C=O) groups is 12. The second-order valence-electron chi connectivity index (χ2n) is 22.6. The van der Waals surface area contributed by atoms with Crippen LogP contribution < -0.4 is 70.8 Å². The number of nitrogens with two attached hydrogens (primary N) is 4. The zero-order chi connectivity index (χ0) is 66.7. The van der Waals surface area contributed by atoms with Gasteiger partial charge in [0.15, 0.2) is 5.96 Å². The van der Waals surface area contributed by atoms with Gasteiger partial charge in [-0.1, -0.05) is 102 Å². The molecule has 1 heterocycles. The minimum absolute atomic E-state index is 0.0267. The largest absolute Gasteiger partial charge is 0.481 e. The highest BCUT2D eigenvalue weighted by molar-refractivity contribution is 6.00. The number of amides is 10. The van der Waals surface area contributed by atoms with Gasteiger partial charge in [-0.05, 0) is 55.1 Å². The number of rotatable bonds is 38. The lowest BCUT2D eigenvalue weighted by Gasteiger charge is -2.30. The molecule has 3 rings (SSSR count). The van der Waals surface area contributed by atoms with Crippen LogP contribution in [0, 0.1) is 17.8 Å². The van der Waals surface area contributed by atoms with Gasteiger partial charge in [0.25, 0.3) is 0 Å². The van der Waals surface area contributed by atoms with Crippen molar-refractivity contribution < 1.29 is 72.9 Å². The molecule has 0 bridgehead atoms. The van der Waals surface area contributed by atoms with Gasteiger partial charge < -0.3 is 86.1 Å². The number of benzene rings is 2. The van der Waals surface area contributed by atoms with E-state index in [1.54, 1.807) is 88.4 Å². The molecule has 0 spiro atoms. The van der Waals surface area contributed by atoms with Gasteiger partial charge >= 0.3 is 11.9 Å². The molecule has 1 unspecified atom stereocenters. The van der Waals surface area contributed by atoms with E-state index in [0.29, 0.717) is 11.1 Å². The summed E-state index contributed by atoms with van der Waals surface area (Å²) in [5.41, 5.74) is 23.7. The second kappa shape index (κ2) is 36.7. The average Bonchev–Trinajstić information content (AvgIpc) is 4.24. The topological polar surface area (TPSA) is 515 Å². The third-order valence-electron chi connectivity index (χ3n) is 13.8. The smallest absolute Gasteiger partial charge is 0.305 e. The van der Waals surface area contributed by atoms with Gasteiger partial charge in [-0.15, -0.1) is 0 Å². The number of nitrogens with one attached hydrogen (secondary N) is 9. The molecule has 1 aliphatic heterocycles. The van der Waals surface area contributed by atoms with Gasteiger partial charge in [0.2, 0.25) is 59.1 Å². The van der Waals surface area contributed by atoms with Crippen LogP contribution in [-0.4, -0.2) is 184 Å². The molecule has 488 valence electrons. The van der Waals surface area contributed by atoms with E-state index in [9.17, 15) is 72.9 Å². The number of primary amides is 1. The lowest BCUT2D eigenvalue weighted by molar-refractivity contribution is -0.142. The molecule has 2 aromatic rings. The first-order valence-corrected chi connectivity index (χ1v) is 28.9. The first kappa shape index (κ1) is 73.9. The maximum absolute atomic E-state index is 14.6. The Labute approximate surface area is 515 Å². The van der Waals surface area contributed by atoms with Gasteiger partial charge in [0.05, 0.1) is 25.0 Å². The number of carboxylic acids is 2. The van der Waals surface area contributed by atoms with Crippen LogP contribution in [0.3, 0.4) is 0 Å². The molecule has 10 amide bonds. The van der Waals surface area contributed by atoms with E-state index in [0.717, 1.165) is 0 Å². The summed E-state index contributed by atoms with van der Waals surface area (Å²) in [4.78, 5) is 175. The molecule has 0 aliphatic carbocycles. The predicted molar refractivity (Wildman–Crippen MR) is 325 cm³/mol. The molecule has 2 aromatic carbocycles. The number of carboxylic acid groups (broad SMARTS) is 2. The predicted octanol–water partition coefficient (Wildman–Crippen LogP) is -3.74. The highest BCUT2D eigenvalue weighted by Crippen LogP contribution is 2.15. The van der Waals surface area contributed by atoms with Crippen LogP contribution in [-0.2, 0) is 70.4 Å². The Morgan fingerprint density at radius 3 is 1.37 bits per heavy atom. The molecule has 89 heavy (non-hydrogen) atoms. The van der Waals surface area contributed by atoms with Crippen LogP contribution >= 0.6 is 0 Å². The minimum Gasteiger partial charge on any atom is -0.481 e. The summed E-state index contributed by atoms with van der Waals surface area (Å²) in [6, 6.07) is 1.17. The molecule has 31 heteroatoms. The van der Waals surface area contributed by atoms with E-state index in [2.05, 4.69) is 62.8 Å². The van der Waals surface area contributed by atoms with E-state index in [1.807, 2.05) is 0 Å².